The van der Waals surface area contributed by atoms with Gasteiger partial charge in [-0.3, -0.25) is 0 Å². The van der Waals surface area contributed by atoms with Crippen LogP contribution in [0.5, 0.6) is 11.5 Å². The standard InChI is InChI=1S/C18H18Cl4N2O6S2/c19-9-5-11(21)17(25)15(7-9)31(27,28)23-13-3-1-2-4-14(13)24-32(29,30)16-8-10(20)6-12(22)18(16)26/h5-8,13-14,23-26H,1-4H2/t13-,14?/m1/s1. The lowest BCUT2D eigenvalue weighted by Gasteiger charge is -2.32. The molecule has 2 atom stereocenters. The van der Waals surface area contributed by atoms with Gasteiger partial charge in [-0.2, -0.15) is 0 Å². The number of rotatable bonds is 6. The predicted molar refractivity (Wildman–Crippen MR) is 123 cm³/mol. The first-order valence-electron chi connectivity index (χ1n) is 9.22. The van der Waals surface area contributed by atoms with Crippen LogP contribution in [0.15, 0.2) is 34.1 Å². The Kier molecular flexibility index (Phi) is 7.78. The van der Waals surface area contributed by atoms with Crippen molar-refractivity contribution in [1.29, 1.82) is 0 Å². The highest BCUT2D eigenvalue weighted by atomic mass is 35.5. The fourth-order valence-electron chi connectivity index (χ4n) is 3.43. The van der Waals surface area contributed by atoms with Crippen LogP contribution in [0, 0.1) is 0 Å². The molecule has 4 N–H and O–H groups in total. The molecule has 1 unspecified atom stereocenters. The summed E-state index contributed by atoms with van der Waals surface area (Å²) in [7, 11) is -8.61. The van der Waals surface area contributed by atoms with Crippen LogP contribution in [0.25, 0.3) is 0 Å². The Balaban J connectivity index is 1.90. The van der Waals surface area contributed by atoms with Crippen molar-refractivity contribution in [3.63, 3.8) is 0 Å². The van der Waals surface area contributed by atoms with Crippen LogP contribution in [0.3, 0.4) is 0 Å². The van der Waals surface area contributed by atoms with E-state index in [2.05, 4.69) is 9.44 Å². The zero-order valence-corrected chi connectivity index (χ0v) is 20.8. The normalized spacial score (nSPS) is 19.8. The monoisotopic (exact) mass is 562 g/mol. The van der Waals surface area contributed by atoms with E-state index in [4.69, 9.17) is 46.4 Å². The fraction of sp³-hybridized carbons (Fsp3) is 0.333. The largest absolute Gasteiger partial charge is 0.505 e. The van der Waals surface area contributed by atoms with Crippen LogP contribution in [-0.2, 0) is 20.0 Å². The topological polar surface area (TPSA) is 133 Å². The zero-order valence-electron chi connectivity index (χ0n) is 16.1. The van der Waals surface area contributed by atoms with Crippen molar-refractivity contribution in [2.45, 2.75) is 47.6 Å². The molecule has 0 aliphatic heterocycles. The smallest absolute Gasteiger partial charge is 0.244 e. The molecule has 14 heteroatoms. The maximum absolute atomic E-state index is 12.9. The van der Waals surface area contributed by atoms with Gasteiger partial charge in [-0.15, -0.1) is 0 Å². The lowest BCUT2D eigenvalue weighted by Crippen LogP contribution is -2.53. The molecular weight excluding hydrogens is 546 g/mol. The van der Waals surface area contributed by atoms with Gasteiger partial charge >= 0.3 is 0 Å². The van der Waals surface area contributed by atoms with Gasteiger partial charge < -0.3 is 10.2 Å². The van der Waals surface area contributed by atoms with Crippen LogP contribution in [0.4, 0.5) is 0 Å². The Labute approximate surface area is 205 Å². The van der Waals surface area contributed by atoms with Crippen LogP contribution < -0.4 is 9.44 Å². The molecule has 0 aromatic heterocycles. The van der Waals surface area contributed by atoms with Crippen molar-refractivity contribution in [3.8, 4) is 11.5 Å². The number of halogens is 4. The summed E-state index contributed by atoms with van der Waals surface area (Å²) in [4.78, 5) is -1.05. The minimum absolute atomic E-state index is 0.00221. The SMILES string of the molecule is O=S(=O)(NC1CCCC[C@H]1NS(=O)(=O)c1cc(Cl)cc(Cl)c1O)c1cc(Cl)cc(Cl)c1O. The van der Waals surface area contributed by atoms with E-state index in [0.29, 0.717) is 25.7 Å². The summed E-state index contributed by atoms with van der Waals surface area (Å²) in [6.45, 7) is 0. The van der Waals surface area contributed by atoms with Crippen molar-refractivity contribution in [2.24, 2.45) is 0 Å². The molecule has 1 aliphatic carbocycles. The molecule has 1 fully saturated rings. The summed E-state index contributed by atoms with van der Waals surface area (Å²) in [5.41, 5.74) is 0. The van der Waals surface area contributed by atoms with E-state index in [0.717, 1.165) is 12.1 Å². The molecule has 0 spiro atoms. The third-order valence-corrected chi connectivity index (χ3v) is 8.96. The summed E-state index contributed by atoms with van der Waals surface area (Å²) >= 11 is 23.4. The quantitative estimate of drug-likeness (QED) is 0.414. The summed E-state index contributed by atoms with van der Waals surface area (Å²) < 4.78 is 56.5. The van der Waals surface area contributed by atoms with Gasteiger partial charge in [0, 0.05) is 22.1 Å². The molecule has 1 aliphatic rings. The molecule has 176 valence electrons. The number of hydrogen-bond donors (Lipinski definition) is 4. The molecule has 0 heterocycles. The third-order valence-electron chi connectivity index (χ3n) is 4.94. The van der Waals surface area contributed by atoms with Crippen LogP contribution in [0.2, 0.25) is 20.1 Å². The van der Waals surface area contributed by atoms with E-state index < -0.39 is 53.4 Å². The van der Waals surface area contributed by atoms with Crippen LogP contribution >= 0.6 is 46.4 Å². The van der Waals surface area contributed by atoms with Gasteiger partial charge in [0.15, 0.2) is 11.5 Å². The average Bonchev–Trinajstić information content (AvgIpc) is 2.68. The molecule has 3 rings (SSSR count). The first kappa shape index (κ1) is 25.6. The number of nitrogens with one attached hydrogen (secondary N) is 2. The molecule has 0 amide bonds. The number of benzene rings is 2. The predicted octanol–water partition coefficient (Wildman–Crippen LogP) is 4.28. The molecule has 0 saturated heterocycles. The molecule has 0 radical (unpaired) electrons. The molecule has 0 bridgehead atoms. The molecule has 2 aromatic rings. The van der Waals surface area contributed by atoms with E-state index in [1.165, 1.54) is 12.1 Å². The Morgan fingerprint density at radius 2 is 1.03 bits per heavy atom. The van der Waals surface area contributed by atoms with Crippen LogP contribution in [0.1, 0.15) is 25.7 Å². The van der Waals surface area contributed by atoms with Gasteiger partial charge in [-0.05, 0) is 37.1 Å². The molecular formula is C18H18Cl4N2O6S2. The number of aromatic hydroxyl groups is 2. The fourth-order valence-corrected chi connectivity index (χ4v) is 7.57. The minimum Gasteiger partial charge on any atom is -0.505 e. The molecule has 8 nitrogen and oxygen atoms in total. The lowest BCUT2D eigenvalue weighted by atomic mass is 9.92. The van der Waals surface area contributed by atoms with Crippen LogP contribution in [-0.4, -0.2) is 39.1 Å². The summed E-state index contributed by atoms with van der Waals surface area (Å²) in [6, 6.07) is 2.77. The van der Waals surface area contributed by atoms with Gasteiger partial charge in [0.2, 0.25) is 20.0 Å². The zero-order chi connectivity index (χ0) is 23.8. The molecule has 32 heavy (non-hydrogen) atoms. The van der Waals surface area contributed by atoms with Gasteiger partial charge in [0.25, 0.3) is 0 Å². The van der Waals surface area contributed by atoms with Crippen molar-refractivity contribution < 1.29 is 27.0 Å². The molecule has 2 aromatic carbocycles. The van der Waals surface area contributed by atoms with Crippen molar-refractivity contribution in [3.05, 3.63) is 44.4 Å². The first-order valence-corrected chi connectivity index (χ1v) is 13.7. The van der Waals surface area contributed by atoms with E-state index in [1.54, 1.807) is 0 Å². The summed E-state index contributed by atoms with van der Waals surface area (Å²) in [5, 5.41) is 19.7. The van der Waals surface area contributed by atoms with E-state index in [1.807, 2.05) is 0 Å². The molecule has 1 saturated carbocycles. The highest BCUT2D eigenvalue weighted by molar-refractivity contribution is 7.90. The number of hydrogen-bond acceptors (Lipinski definition) is 6. The highest BCUT2D eigenvalue weighted by Gasteiger charge is 2.35. The second-order valence-corrected chi connectivity index (χ2v) is 12.3. The minimum atomic E-state index is -4.31. The van der Waals surface area contributed by atoms with Gasteiger partial charge in [0.05, 0.1) is 10.0 Å². The van der Waals surface area contributed by atoms with Crippen molar-refractivity contribution in [1.82, 2.24) is 9.44 Å². The van der Waals surface area contributed by atoms with Gasteiger partial charge in [-0.1, -0.05) is 59.2 Å². The Morgan fingerprint density at radius 1 is 0.688 bits per heavy atom. The van der Waals surface area contributed by atoms with E-state index in [-0.39, 0.29) is 20.1 Å². The van der Waals surface area contributed by atoms with E-state index in [9.17, 15) is 27.0 Å². The maximum Gasteiger partial charge on any atom is 0.244 e. The van der Waals surface area contributed by atoms with Crippen molar-refractivity contribution in [2.75, 3.05) is 0 Å². The lowest BCUT2D eigenvalue weighted by molar-refractivity contribution is 0.339. The Hall–Kier alpha value is -0.980. The average molecular weight is 564 g/mol. The maximum atomic E-state index is 12.9. The third kappa shape index (κ3) is 5.56. The van der Waals surface area contributed by atoms with Crippen molar-refractivity contribution >= 4 is 66.5 Å². The second kappa shape index (κ2) is 9.71. The highest BCUT2D eigenvalue weighted by Crippen LogP contribution is 2.36. The number of phenolic OH excluding ortho intramolecular Hbond substituents is 2. The number of phenols is 2. The summed E-state index contributed by atoms with van der Waals surface area (Å²) in [5.74, 6) is -1.34. The van der Waals surface area contributed by atoms with Gasteiger partial charge in [-0.25, -0.2) is 26.3 Å². The van der Waals surface area contributed by atoms with Gasteiger partial charge in [0.1, 0.15) is 9.79 Å². The summed E-state index contributed by atoms with van der Waals surface area (Å²) in [6.07, 6.45) is 1.93. The van der Waals surface area contributed by atoms with E-state index >= 15 is 0 Å². The number of sulfonamides is 2. The first-order chi connectivity index (χ1) is 14.8. The Bertz CT molecular complexity index is 1160. The Morgan fingerprint density at radius 3 is 1.38 bits per heavy atom. The second-order valence-electron chi connectivity index (χ2n) is 7.21.